The first-order chi connectivity index (χ1) is 15.0. The van der Waals surface area contributed by atoms with Crippen molar-refractivity contribution >= 4 is 20.8 Å². The van der Waals surface area contributed by atoms with Crippen LogP contribution in [0.3, 0.4) is 0 Å². The quantitative estimate of drug-likeness (QED) is 0.0828. The first-order valence-electron chi connectivity index (χ1n) is 14.8. The maximum absolute atomic E-state index is 4.71. The van der Waals surface area contributed by atoms with Gasteiger partial charge in [0.05, 0.1) is 0 Å². The molecule has 0 radical (unpaired) electrons. The van der Waals surface area contributed by atoms with Gasteiger partial charge in [0.15, 0.2) is 0 Å². The summed E-state index contributed by atoms with van der Waals surface area (Å²) in [4.78, 5) is 0. The van der Waals surface area contributed by atoms with Gasteiger partial charge >= 0.3 is 208 Å². The predicted molar refractivity (Wildman–Crippen MR) is 155 cm³/mol. The van der Waals surface area contributed by atoms with Gasteiger partial charge < -0.3 is 0 Å². The van der Waals surface area contributed by atoms with E-state index in [1.54, 1.807) is 24.6 Å². The topological polar surface area (TPSA) is 0 Å². The zero-order valence-corrected chi connectivity index (χ0v) is 25.0. The molecular weight excluding hydrogens is 459 g/mol. The molecule has 0 rings (SSSR count). The number of unbranched alkanes of at least 4 members (excludes halogenated alkanes) is 17. The van der Waals surface area contributed by atoms with Crippen LogP contribution in [0.5, 0.6) is 0 Å². The van der Waals surface area contributed by atoms with Crippen LogP contribution in [0.15, 0.2) is 0 Å². The van der Waals surface area contributed by atoms with Crippen LogP contribution >= 0.6 is 20.8 Å². The summed E-state index contributed by atoms with van der Waals surface area (Å²) < 4.78 is 0. The molecule has 0 saturated heterocycles. The van der Waals surface area contributed by atoms with Crippen molar-refractivity contribution in [3.63, 3.8) is 0 Å². The molecule has 0 heterocycles. The SMILES string of the molecule is CCCCCCCCP(Br)(CCCCCCC)(CCCCCCC)CCCCCCC. The molecule has 0 N–H and O–H groups in total. The van der Waals surface area contributed by atoms with Crippen LogP contribution in [0.2, 0.25) is 0 Å². The Kier molecular flexibility index (Phi) is 22.1. The van der Waals surface area contributed by atoms with E-state index >= 15 is 0 Å². The summed E-state index contributed by atoms with van der Waals surface area (Å²) in [5, 5.41) is -1.73. The van der Waals surface area contributed by atoms with Crippen molar-refractivity contribution in [2.75, 3.05) is 24.6 Å². The Morgan fingerprint density at radius 1 is 0.323 bits per heavy atom. The fraction of sp³-hybridized carbons (Fsp3) is 1.00. The average molecular weight is 522 g/mol. The fourth-order valence-electron chi connectivity index (χ4n) is 5.29. The van der Waals surface area contributed by atoms with Gasteiger partial charge in [0.2, 0.25) is 0 Å². The van der Waals surface area contributed by atoms with E-state index in [0.717, 1.165) is 0 Å². The zero-order chi connectivity index (χ0) is 23.1. The summed E-state index contributed by atoms with van der Waals surface area (Å²) in [6.45, 7) is 9.36. The molecule has 0 nitrogen and oxygen atoms in total. The number of hydrogen-bond acceptors (Lipinski definition) is 0. The van der Waals surface area contributed by atoms with Crippen molar-refractivity contribution in [2.45, 2.75) is 163 Å². The van der Waals surface area contributed by atoms with Gasteiger partial charge in [0.1, 0.15) is 0 Å². The Balaban J connectivity index is 4.97. The van der Waals surface area contributed by atoms with Crippen LogP contribution in [0.1, 0.15) is 163 Å². The molecule has 0 amide bonds. The molecule has 0 unspecified atom stereocenters. The molecule has 0 bridgehead atoms. The van der Waals surface area contributed by atoms with Crippen molar-refractivity contribution < 1.29 is 0 Å². The number of rotatable bonds is 25. The molecule has 0 aromatic carbocycles. The molecule has 0 atom stereocenters. The first-order valence-corrected chi connectivity index (χ1v) is 19.8. The summed E-state index contributed by atoms with van der Waals surface area (Å²) in [6.07, 6.45) is 36.5. The summed E-state index contributed by atoms with van der Waals surface area (Å²) >= 11 is 4.71. The van der Waals surface area contributed by atoms with E-state index in [4.69, 9.17) is 15.5 Å². The monoisotopic (exact) mass is 520 g/mol. The Hall–Kier alpha value is 0.910. The van der Waals surface area contributed by atoms with Crippen molar-refractivity contribution in [3.8, 4) is 0 Å². The molecule has 0 fully saturated rings. The van der Waals surface area contributed by atoms with Crippen LogP contribution < -0.4 is 0 Å². The zero-order valence-electron chi connectivity index (χ0n) is 22.5. The Bertz CT molecular complexity index is 329. The molecule has 0 spiro atoms. The molecule has 0 aliphatic rings. The normalized spacial score (nSPS) is 13.4. The van der Waals surface area contributed by atoms with Gasteiger partial charge in [0, 0.05) is 0 Å². The second-order valence-electron chi connectivity index (χ2n) is 10.7. The molecule has 0 saturated carbocycles. The van der Waals surface area contributed by atoms with E-state index in [-0.39, 0.29) is 0 Å². The van der Waals surface area contributed by atoms with Gasteiger partial charge in [-0.15, -0.1) is 0 Å². The summed E-state index contributed by atoms with van der Waals surface area (Å²) in [6, 6.07) is 0. The summed E-state index contributed by atoms with van der Waals surface area (Å²) in [5.74, 6) is 0. The minimum absolute atomic E-state index is 1.37. The molecule has 0 aromatic rings. The van der Waals surface area contributed by atoms with Crippen molar-refractivity contribution in [3.05, 3.63) is 0 Å². The third-order valence-corrected chi connectivity index (χ3v) is 17.5. The minimum atomic E-state index is -1.73. The Labute approximate surface area is 207 Å². The fourth-order valence-corrected chi connectivity index (χ4v) is 13.7. The van der Waals surface area contributed by atoms with Crippen LogP contribution in [0, 0.1) is 0 Å². The van der Waals surface area contributed by atoms with Crippen molar-refractivity contribution in [1.29, 1.82) is 0 Å². The molecule has 0 aliphatic heterocycles. The van der Waals surface area contributed by atoms with Gasteiger partial charge in [-0.2, -0.15) is 0 Å². The van der Waals surface area contributed by atoms with E-state index in [1.807, 2.05) is 0 Å². The third kappa shape index (κ3) is 18.0. The summed E-state index contributed by atoms with van der Waals surface area (Å²) in [7, 11) is 0. The van der Waals surface area contributed by atoms with E-state index in [9.17, 15) is 0 Å². The molecule has 190 valence electrons. The third-order valence-electron chi connectivity index (χ3n) is 7.53. The van der Waals surface area contributed by atoms with E-state index < -0.39 is 5.31 Å². The maximum atomic E-state index is 4.71. The van der Waals surface area contributed by atoms with Gasteiger partial charge in [-0.05, 0) is 0 Å². The van der Waals surface area contributed by atoms with Gasteiger partial charge in [-0.3, -0.25) is 0 Å². The number of halogens is 1. The molecular formula is C29H62BrP. The van der Waals surface area contributed by atoms with Gasteiger partial charge in [0.25, 0.3) is 0 Å². The van der Waals surface area contributed by atoms with Crippen LogP contribution in [-0.4, -0.2) is 24.6 Å². The molecule has 31 heavy (non-hydrogen) atoms. The molecule has 0 aliphatic carbocycles. The predicted octanol–water partition coefficient (Wildman–Crippen LogP) is 12.1. The van der Waals surface area contributed by atoms with Gasteiger partial charge in [-0.25, -0.2) is 0 Å². The van der Waals surface area contributed by atoms with Crippen LogP contribution in [0.25, 0.3) is 0 Å². The second-order valence-corrected chi connectivity index (χ2v) is 22.2. The number of hydrogen-bond donors (Lipinski definition) is 0. The molecule has 0 aromatic heterocycles. The van der Waals surface area contributed by atoms with Crippen molar-refractivity contribution in [2.24, 2.45) is 0 Å². The first kappa shape index (κ1) is 31.9. The van der Waals surface area contributed by atoms with Crippen LogP contribution in [0.4, 0.5) is 0 Å². The van der Waals surface area contributed by atoms with E-state index in [0.29, 0.717) is 0 Å². The summed E-state index contributed by atoms with van der Waals surface area (Å²) in [5.41, 5.74) is 0. The van der Waals surface area contributed by atoms with Crippen LogP contribution in [-0.2, 0) is 0 Å². The Morgan fingerprint density at radius 3 is 0.742 bits per heavy atom. The van der Waals surface area contributed by atoms with Crippen molar-refractivity contribution in [1.82, 2.24) is 0 Å². The molecule has 2 heteroatoms. The second kappa shape index (κ2) is 21.4. The average Bonchev–Trinajstić information content (AvgIpc) is 2.76. The standard InChI is InChI=1S/C29H62BrP/c1-5-9-13-17-21-25-29-31(30,26-22-18-14-10-6-2,27-23-19-15-11-7-3)28-24-20-16-12-8-4/h5-29H2,1-4H3. The van der Waals surface area contributed by atoms with E-state index in [1.165, 1.54) is 135 Å². The Morgan fingerprint density at radius 2 is 0.516 bits per heavy atom. The van der Waals surface area contributed by atoms with Gasteiger partial charge in [-0.1, -0.05) is 0 Å². The van der Waals surface area contributed by atoms with E-state index in [2.05, 4.69) is 27.7 Å².